The average Bonchev–Trinajstić information content (AvgIpc) is 3.22. The summed E-state index contributed by atoms with van der Waals surface area (Å²) in [5, 5.41) is 18.5. The molecule has 7 rings (SSSR count). The first kappa shape index (κ1) is 38.1. The molecule has 10 heteroatoms. The molecule has 0 spiro atoms. The number of aromatic nitrogens is 6. The minimum absolute atomic E-state index is 0. The minimum Gasteiger partial charge on any atom is -0.494 e. The van der Waals surface area contributed by atoms with Crippen LogP contribution in [0.5, 0.6) is 23.0 Å². The molecule has 2 heterocycles. The smallest absolute Gasteiger partial charge is 0.182 e. The normalized spacial score (nSPS) is 10.7. The lowest BCUT2D eigenvalue weighted by Crippen LogP contribution is -2.01. The van der Waals surface area contributed by atoms with Crippen LogP contribution in [0.15, 0.2) is 121 Å². The van der Waals surface area contributed by atoms with Gasteiger partial charge in [0.05, 0.1) is 26.4 Å². The Bertz CT molecular complexity index is 2130. The minimum atomic E-state index is 0. The Morgan fingerprint density at radius 1 is 0.309 bits per heavy atom. The predicted octanol–water partition coefficient (Wildman–Crippen LogP) is 10.3. The molecule has 2 aromatic heterocycles. The van der Waals surface area contributed by atoms with Crippen LogP contribution in [0.1, 0.15) is 35.1 Å². The molecule has 10 nitrogen and oxygen atoms in total. The van der Waals surface area contributed by atoms with Gasteiger partial charge < -0.3 is 18.9 Å². The van der Waals surface area contributed by atoms with Gasteiger partial charge in [0, 0.05) is 33.4 Å². The van der Waals surface area contributed by atoms with Crippen LogP contribution < -0.4 is 18.9 Å². The fourth-order valence-electron chi connectivity index (χ4n) is 5.96. The Balaban J connectivity index is 0.00000514. The highest BCUT2D eigenvalue weighted by molar-refractivity contribution is 5.81. The van der Waals surface area contributed by atoms with Crippen molar-refractivity contribution in [2.24, 2.45) is 0 Å². The second-order valence-corrected chi connectivity index (χ2v) is 12.1. The number of benzene rings is 5. The summed E-state index contributed by atoms with van der Waals surface area (Å²) in [7, 11) is 0. The molecule has 7 aromatic rings. The molecule has 0 saturated heterocycles. The van der Waals surface area contributed by atoms with Crippen molar-refractivity contribution in [3.8, 4) is 90.8 Å². The summed E-state index contributed by atoms with van der Waals surface area (Å²) in [6.45, 7) is 10.2. The average molecular weight is 733 g/mol. The molecule has 5 aromatic carbocycles. The van der Waals surface area contributed by atoms with Gasteiger partial charge >= 0.3 is 0 Å². The Kier molecular flexibility index (Phi) is 12.4. The third-order valence-electron chi connectivity index (χ3n) is 8.53. The van der Waals surface area contributed by atoms with E-state index in [1.807, 2.05) is 149 Å². The van der Waals surface area contributed by atoms with Crippen molar-refractivity contribution < 1.29 is 18.9 Å². The van der Waals surface area contributed by atoms with Crippen LogP contribution in [-0.2, 0) is 0 Å². The van der Waals surface area contributed by atoms with Crippen LogP contribution in [0.2, 0.25) is 0 Å². The highest BCUT2D eigenvalue weighted by atomic mass is 16.5. The highest BCUT2D eigenvalue weighted by Gasteiger charge is 2.18. The highest BCUT2D eigenvalue weighted by Crippen LogP contribution is 2.34. The van der Waals surface area contributed by atoms with E-state index in [1.165, 1.54) is 0 Å². The van der Waals surface area contributed by atoms with E-state index in [-0.39, 0.29) is 7.43 Å². The van der Waals surface area contributed by atoms with Crippen molar-refractivity contribution in [2.75, 3.05) is 26.4 Å². The number of nitrogens with zero attached hydrogens (tertiary/aromatic N) is 6. The topological polar surface area (TPSA) is 114 Å². The number of hydrogen-bond donors (Lipinski definition) is 0. The molecule has 278 valence electrons. The second kappa shape index (κ2) is 17.9. The van der Waals surface area contributed by atoms with Crippen LogP contribution in [0.4, 0.5) is 0 Å². The summed E-state index contributed by atoms with van der Waals surface area (Å²) < 4.78 is 22.7. The van der Waals surface area contributed by atoms with Crippen molar-refractivity contribution in [1.29, 1.82) is 0 Å². The lowest BCUT2D eigenvalue weighted by molar-refractivity contribution is 0.340. The van der Waals surface area contributed by atoms with Gasteiger partial charge in [0.2, 0.25) is 0 Å². The van der Waals surface area contributed by atoms with Crippen molar-refractivity contribution in [1.82, 2.24) is 30.4 Å². The number of hydrogen-bond acceptors (Lipinski definition) is 10. The van der Waals surface area contributed by atoms with Crippen LogP contribution in [0.3, 0.4) is 0 Å². The number of ether oxygens (including phenoxy) is 4. The molecule has 0 atom stereocenters. The van der Waals surface area contributed by atoms with Crippen LogP contribution in [0, 0.1) is 0 Å². The molecule has 0 fully saturated rings. The SMILES string of the molecule is C.CCOc1ccc(-c2nnc(-c3ccc(-c4nnc(-c5ccc(OCC)cc5)c(-c5ccc(OCC)cc5)n4)cc3)nc2-c2ccc(OCC)cc2)cc1. The maximum Gasteiger partial charge on any atom is 0.182 e. The van der Waals surface area contributed by atoms with E-state index in [2.05, 4.69) is 10.2 Å². The summed E-state index contributed by atoms with van der Waals surface area (Å²) >= 11 is 0. The lowest BCUT2D eigenvalue weighted by Gasteiger charge is -2.12. The van der Waals surface area contributed by atoms with Gasteiger partial charge in [-0.05, 0) is 125 Å². The first-order valence-electron chi connectivity index (χ1n) is 18.1. The lowest BCUT2D eigenvalue weighted by atomic mass is 10.0. The molecule has 0 unspecified atom stereocenters. The van der Waals surface area contributed by atoms with Gasteiger partial charge in [-0.1, -0.05) is 31.7 Å². The van der Waals surface area contributed by atoms with E-state index in [1.54, 1.807) is 0 Å². The largest absolute Gasteiger partial charge is 0.494 e. The fourth-order valence-corrected chi connectivity index (χ4v) is 5.96. The molecule has 0 amide bonds. The van der Waals surface area contributed by atoms with Crippen molar-refractivity contribution >= 4 is 0 Å². The van der Waals surface area contributed by atoms with Crippen LogP contribution >= 0.6 is 0 Å². The molecule has 0 N–H and O–H groups in total. The van der Waals surface area contributed by atoms with E-state index >= 15 is 0 Å². The van der Waals surface area contributed by atoms with Crippen molar-refractivity contribution in [3.63, 3.8) is 0 Å². The monoisotopic (exact) mass is 732 g/mol. The van der Waals surface area contributed by atoms with Gasteiger partial charge in [-0.3, -0.25) is 0 Å². The zero-order chi connectivity index (χ0) is 37.3. The van der Waals surface area contributed by atoms with E-state index in [0.717, 1.165) is 56.4 Å². The molecule has 55 heavy (non-hydrogen) atoms. The molecule has 0 aliphatic heterocycles. The van der Waals surface area contributed by atoms with Crippen LogP contribution in [0.25, 0.3) is 67.8 Å². The van der Waals surface area contributed by atoms with E-state index in [4.69, 9.17) is 39.1 Å². The zero-order valence-corrected chi connectivity index (χ0v) is 30.7. The standard InChI is InChI=1S/C44H40N6O4.CH4/c1-5-51-35-21-13-29(14-22-35)39-41(31-17-25-37(26-18-31)53-7-3)47-49-43(45-39)33-9-11-34(12-10-33)44-46-40(30-15-23-36(24-16-30)52-6-2)42(48-50-44)32-19-27-38(28-20-32)54-8-4;/h9-28H,5-8H2,1-4H3;1H4. The second-order valence-electron chi connectivity index (χ2n) is 12.1. The molecular weight excluding hydrogens is 689 g/mol. The van der Waals surface area contributed by atoms with Gasteiger partial charge in [-0.25, -0.2) is 9.97 Å². The maximum absolute atomic E-state index is 5.69. The summed E-state index contributed by atoms with van der Waals surface area (Å²) in [5.41, 5.74) is 7.87. The zero-order valence-electron chi connectivity index (χ0n) is 30.7. The Morgan fingerprint density at radius 3 is 0.800 bits per heavy atom. The summed E-state index contributed by atoms with van der Waals surface area (Å²) in [6.07, 6.45) is 0. The number of rotatable bonds is 14. The first-order valence-corrected chi connectivity index (χ1v) is 18.1. The van der Waals surface area contributed by atoms with Crippen molar-refractivity contribution in [2.45, 2.75) is 35.1 Å². The van der Waals surface area contributed by atoms with E-state index in [0.29, 0.717) is 60.9 Å². The summed E-state index contributed by atoms with van der Waals surface area (Å²) in [6, 6.07) is 39.1. The fraction of sp³-hybridized carbons (Fsp3) is 0.200. The molecular formula is C45H44N6O4. The molecule has 0 aliphatic carbocycles. The maximum atomic E-state index is 5.69. The Labute approximate surface area is 322 Å². The molecule has 0 bridgehead atoms. The van der Waals surface area contributed by atoms with Gasteiger partial charge in [0.25, 0.3) is 0 Å². The van der Waals surface area contributed by atoms with E-state index in [9.17, 15) is 0 Å². The van der Waals surface area contributed by atoms with Crippen molar-refractivity contribution in [3.05, 3.63) is 121 Å². The van der Waals surface area contributed by atoms with Gasteiger partial charge in [-0.2, -0.15) is 0 Å². The molecule has 0 radical (unpaired) electrons. The van der Waals surface area contributed by atoms with Crippen LogP contribution in [-0.4, -0.2) is 56.8 Å². The molecule has 0 aliphatic rings. The van der Waals surface area contributed by atoms with Gasteiger partial charge in [-0.15, -0.1) is 20.4 Å². The van der Waals surface area contributed by atoms with E-state index < -0.39 is 0 Å². The Morgan fingerprint density at radius 2 is 0.545 bits per heavy atom. The molecule has 0 saturated carbocycles. The third-order valence-corrected chi connectivity index (χ3v) is 8.53. The predicted molar refractivity (Wildman–Crippen MR) is 217 cm³/mol. The van der Waals surface area contributed by atoms with Gasteiger partial charge in [0.15, 0.2) is 11.6 Å². The summed E-state index contributed by atoms with van der Waals surface area (Å²) in [5.74, 6) is 4.13. The Hall–Kier alpha value is -6.68. The summed E-state index contributed by atoms with van der Waals surface area (Å²) in [4.78, 5) is 10.1. The third kappa shape index (κ3) is 8.76. The van der Waals surface area contributed by atoms with Gasteiger partial charge in [0.1, 0.15) is 45.8 Å². The quantitative estimate of drug-likeness (QED) is 0.107. The first-order chi connectivity index (χ1) is 26.6.